The van der Waals surface area contributed by atoms with Gasteiger partial charge in [0.25, 0.3) is 0 Å². The molecule has 0 saturated carbocycles. The normalized spacial score (nSPS) is 13.8. The number of hydrogen-bond donors (Lipinski definition) is 1. The molecule has 27 heavy (non-hydrogen) atoms. The summed E-state index contributed by atoms with van der Waals surface area (Å²) >= 11 is 3.34. The predicted octanol–water partition coefficient (Wildman–Crippen LogP) is 3.61. The molecule has 1 N–H and O–H groups in total. The van der Waals surface area contributed by atoms with Crippen molar-refractivity contribution in [1.82, 2.24) is 0 Å². The minimum atomic E-state index is -3.56. The van der Waals surface area contributed by atoms with Gasteiger partial charge in [0, 0.05) is 16.6 Å². The molecule has 1 aliphatic heterocycles. The molecule has 0 atom stereocenters. The van der Waals surface area contributed by atoms with Crippen LogP contribution in [0.4, 0.5) is 11.4 Å². The molecule has 2 aromatic rings. The Labute approximate surface area is 168 Å². The maximum absolute atomic E-state index is 12.5. The molecule has 0 saturated heterocycles. The third kappa shape index (κ3) is 4.52. The number of benzene rings is 2. The van der Waals surface area contributed by atoms with E-state index in [2.05, 4.69) is 26.6 Å². The number of halogens is 1. The van der Waals surface area contributed by atoms with Gasteiger partial charge >= 0.3 is 0 Å². The molecular weight excluding hydrogens is 428 g/mol. The molecule has 0 bridgehead atoms. The van der Waals surface area contributed by atoms with Crippen molar-refractivity contribution in [2.24, 2.45) is 0 Å². The Morgan fingerprint density at radius 3 is 2.59 bits per heavy atom. The Balaban J connectivity index is 1.86. The SMILES string of the molecule is C#CCN1C(=O)CCc2cc(NS(=O)(=O)Cc3ccc(Br)cc3)cc(C)c21. The zero-order valence-corrected chi connectivity index (χ0v) is 17.2. The molecule has 1 amide bonds. The summed E-state index contributed by atoms with van der Waals surface area (Å²) in [6.45, 7) is 2.06. The summed E-state index contributed by atoms with van der Waals surface area (Å²) in [5.74, 6) is 2.39. The second kappa shape index (κ2) is 7.75. The summed E-state index contributed by atoms with van der Waals surface area (Å²) in [6.07, 6.45) is 6.32. The minimum absolute atomic E-state index is 0.00730. The molecule has 0 unspecified atom stereocenters. The molecule has 7 heteroatoms. The first-order valence-corrected chi connectivity index (χ1v) is 10.9. The summed E-state index contributed by atoms with van der Waals surface area (Å²) in [6, 6.07) is 10.7. The van der Waals surface area contributed by atoms with Gasteiger partial charge in [-0.15, -0.1) is 6.42 Å². The summed E-state index contributed by atoms with van der Waals surface area (Å²) in [7, 11) is -3.56. The third-order valence-corrected chi connectivity index (χ3v) is 6.14. The predicted molar refractivity (Wildman–Crippen MR) is 111 cm³/mol. The number of carbonyl (C=O) groups excluding carboxylic acids is 1. The van der Waals surface area contributed by atoms with E-state index >= 15 is 0 Å². The number of terminal acetylenes is 1. The van der Waals surface area contributed by atoms with Gasteiger partial charge in [-0.3, -0.25) is 9.52 Å². The number of nitrogens with zero attached hydrogens (tertiary/aromatic N) is 1. The van der Waals surface area contributed by atoms with Crippen LogP contribution in [0.15, 0.2) is 40.9 Å². The van der Waals surface area contributed by atoms with E-state index in [9.17, 15) is 13.2 Å². The number of sulfonamides is 1. The van der Waals surface area contributed by atoms with Crippen LogP contribution in [0, 0.1) is 19.3 Å². The summed E-state index contributed by atoms with van der Waals surface area (Å²) < 4.78 is 28.6. The van der Waals surface area contributed by atoms with Crippen molar-refractivity contribution in [2.75, 3.05) is 16.2 Å². The lowest BCUT2D eigenvalue weighted by Crippen LogP contribution is -2.36. The van der Waals surface area contributed by atoms with E-state index in [1.54, 1.807) is 29.2 Å². The Hall–Kier alpha value is -2.30. The fraction of sp³-hybridized carbons (Fsp3) is 0.250. The van der Waals surface area contributed by atoms with Crippen LogP contribution in [-0.2, 0) is 27.0 Å². The molecule has 5 nitrogen and oxygen atoms in total. The lowest BCUT2D eigenvalue weighted by Gasteiger charge is -2.30. The fourth-order valence-corrected chi connectivity index (χ4v) is 4.71. The van der Waals surface area contributed by atoms with Gasteiger partial charge in [-0.25, -0.2) is 8.42 Å². The molecule has 0 spiro atoms. The van der Waals surface area contributed by atoms with Crippen molar-refractivity contribution in [3.8, 4) is 12.3 Å². The van der Waals surface area contributed by atoms with E-state index < -0.39 is 10.0 Å². The first-order valence-electron chi connectivity index (χ1n) is 8.41. The average molecular weight is 447 g/mol. The molecule has 0 radical (unpaired) electrons. The number of nitrogens with one attached hydrogen (secondary N) is 1. The number of fused-ring (bicyclic) bond motifs is 1. The van der Waals surface area contributed by atoms with Gasteiger partial charge < -0.3 is 4.90 Å². The van der Waals surface area contributed by atoms with Crippen molar-refractivity contribution in [2.45, 2.75) is 25.5 Å². The quantitative estimate of drug-likeness (QED) is 0.713. The van der Waals surface area contributed by atoms with Crippen LogP contribution in [0.25, 0.3) is 0 Å². The Morgan fingerprint density at radius 1 is 1.22 bits per heavy atom. The van der Waals surface area contributed by atoms with Crippen molar-refractivity contribution in [1.29, 1.82) is 0 Å². The van der Waals surface area contributed by atoms with Crippen molar-refractivity contribution in [3.63, 3.8) is 0 Å². The molecular formula is C20H19BrN2O3S. The molecule has 140 valence electrons. The highest BCUT2D eigenvalue weighted by atomic mass is 79.9. The second-order valence-electron chi connectivity index (χ2n) is 6.47. The largest absolute Gasteiger partial charge is 0.300 e. The van der Waals surface area contributed by atoms with Crippen LogP contribution in [-0.4, -0.2) is 20.9 Å². The highest BCUT2D eigenvalue weighted by Gasteiger charge is 2.26. The molecule has 2 aromatic carbocycles. The van der Waals surface area contributed by atoms with Gasteiger partial charge in [-0.05, 0) is 54.3 Å². The molecule has 1 aliphatic rings. The first kappa shape index (κ1) is 19.5. The van der Waals surface area contributed by atoms with Crippen molar-refractivity contribution >= 4 is 43.2 Å². The van der Waals surface area contributed by atoms with E-state index in [4.69, 9.17) is 6.42 Å². The standard InChI is InChI=1S/C20H19BrN2O3S/c1-3-10-23-19(24)9-6-16-12-18(11-14(2)20(16)23)22-27(25,26)13-15-4-7-17(21)8-5-15/h1,4-5,7-8,11-12,22H,6,9-10,13H2,2H3. The van der Waals surface area contributed by atoms with Crippen LogP contribution < -0.4 is 9.62 Å². The van der Waals surface area contributed by atoms with Crippen LogP contribution in [0.3, 0.4) is 0 Å². The zero-order valence-electron chi connectivity index (χ0n) is 14.8. The monoisotopic (exact) mass is 446 g/mol. The van der Waals surface area contributed by atoms with Gasteiger partial charge in [0.2, 0.25) is 15.9 Å². The lowest BCUT2D eigenvalue weighted by atomic mass is 9.97. The number of rotatable bonds is 5. The smallest absolute Gasteiger partial charge is 0.236 e. The number of aryl methyl sites for hydroxylation is 2. The molecule has 3 rings (SSSR count). The molecule has 0 aliphatic carbocycles. The maximum atomic E-state index is 12.5. The maximum Gasteiger partial charge on any atom is 0.236 e. The summed E-state index contributed by atoms with van der Waals surface area (Å²) in [5.41, 5.74) is 3.73. The van der Waals surface area contributed by atoms with E-state index in [1.165, 1.54) is 0 Å². The highest BCUT2D eigenvalue weighted by molar-refractivity contribution is 9.10. The number of carbonyl (C=O) groups is 1. The first-order chi connectivity index (χ1) is 12.8. The van der Waals surface area contributed by atoms with Gasteiger partial charge in [-0.2, -0.15) is 0 Å². The van der Waals surface area contributed by atoms with Crippen LogP contribution in [0.1, 0.15) is 23.1 Å². The van der Waals surface area contributed by atoms with Gasteiger partial charge in [0.1, 0.15) is 0 Å². The second-order valence-corrected chi connectivity index (χ2v) is 9.11. The number of anilines is 2. The van der Waals surface area contributed by atoms with Crippen LogP contribution >= 0.6 is 15.9 Å². The van der Waals surface area contributed by atoms with E-state index in [0.29, 0.717) is 24.1 Å². The fourth-order valence-electron chi connectivity index (χ4n) is 3.26. The summed E-state index contributed by atoms with van der Waals surface area (Å²) in [5, 5.41) is 0. The van der Waals surface area contributed by atoms with Gasteiger partial charge in [-0.1, -0.05) is 34.0 Å². The Kier molecular flexibility index (Phi) is 5.59. The molecule has 0 fully saturated rings. The Bertz CT molecular complexity index is 1020. The van der Waals surface area contributed by atoms with Gasteiger partial charge in [0.15, 0.2) is 0 Å². The molecule has 0 aromatic heterocycles. The zero-order chi connectivity index (χ0) is 19.6. The van der Waals surface area contributed by atoms with Crippen molar-refractivity contribution in [3.05, 3.63) is 57.6 Å². The average Bonchev–Trinajstić information content (AvgIpc) is 2.59. The summed E-state index contributed by atoms with van der Waals surface area (Å²) in [4.78, 5) is 13.7. The van der Waals surface area contributed by atoms with Gasteiger partial charge in [0.05, 0.1) is 18.0 Å². The highest BCUT2D eigenvalue weighted by Crippen LogP contribution is 2.34. The minimum Gasteiger partial charge on any atom is -0.300 e. The van der Waals surface area contributed by atoms with Crippen molar-refractivity contribution < 1.29 is 13.2 Å². The lowest BCUT2D eigenvalue weighted by molar-refractivity contribution is -0.118. The van der Waals surface area contributed by atoms with E-state index in [0.717, 1.165) is 21.3 Å². The van der Waals surface area contributed by atoms with Crippen LogP contribution in [0.2, 0.25) is 0 Å². The number of hydrogen-bond acceptors (Lipinski definition) is 3. The topological polar surface area (TPSA) is 66.5 Å². The number of amides is 1. The third-order valence-electron chi connectivity index (χ3n) is 4.35. The van der Waals surface area contributed by atoms with E-state index in [1.807, 2.05) is 19.1 Å². The molecule has 1 heterocycles. The Morgan fingerprint density at radius 2 is 1.93 bits per heavy atom. The van der Waals surface area contributed by atoms with E-state index in [-0.39, 0.29) is 18.2 Å². The van der Waals surface area contributed by atoms with Crippen LogP contribution in [0.5, 0.6) is 0 Å².